The Morgan fingerprint density at radius 3 is 2.88 bits per heavy atom. The fourth-order valence-electron chi connectivity index (χ4n) is 1.74. The van der Waals surface area contributed by atoms with Crippen molar-refractivity contribution in [2.24, 2.45) is 0 Å². The fraction of sp³-hybridized carbons (Fsp3) is 0.308. The highest BCUT2D eigenvalue weighted by Crippen LogP contribution is 2.30. The molecule has 3 nitrogen and oxygen atoms in total. The van der Waals surface area contributed by atoms with Gasteiger partial charge < -0.3 is 9.47 Å². The van der Waals surface area contributed by atoms with Gasteiger partial charge in [-0.05, 0) is 42.5 Å². The molecular weight excluding hydrogens is 202 g/mol. The molecule has 0 aliphatic heterocycles. The van der Waals surface area contributed by atoms with Crippen molar-refractivity contribution in [1.82, 2.24) is 4.98 Å². The van der Waals surface area contributed by atoms with Crippen LogP contribution in [0.1, 0.15) is 12.8 Å². The second-order valence-corrected chi connectivity index (χ2v) is 4.02. The highest BCUT2D eigenvalue weighted by molar-refractivity contribution is 5.87. The summed E-state index contributed by atoms with van der Waals surface area (Å²) in [5.41, 5.74) is 0. The van der Waals surface area contributed by atoms with E-state index in [4.69, 9.17) is 9.47 Å². The highest BCUT2D eigenvalue weighted by atomic mass is 16.5. The molecule has 3 heteroatoms. The number of ether oxygens (including phenoxy) is 2. The van der Waals surface area contributed by atoms with Crippen molar-refractivity contribution in [3.8, 4) is 11.6 Å². The SMILES string of the molecule is COc1nccc2cc(OC3CC3)ccc12. The van der Waals surface area contributed by atoms with Gasteiger partial charge in [0.15, 0.2) is 0 Å². The summed E-state index contributed by atoms with van der Waals surface area (Å²) in [6.45, 7) is 0. The van der Waals surface area contributed by atoms with Gasteiger partial charge >= 0.3 is 0 Å². The summed E-state index contributed by atoms with van der Waals surface area (Å²) < 4.78 is 11.0. The number of nitrogens with zero attached hydrogens (tertiary/aromatic N) is 1. The quantitative estimate of drug-likeness (QED) is 0.788. The van der Waals surface area contributed by atoms with Crippen molar-refractivity contribution in [2.75, 3.05) is 7.11 Å². The first kappa shape index (κ1) is 9.46. The lowest BCUT2D eigenvalue weighted by atomic mass is 10.1. The lowest BCUT2D eigenvalue weighted by Crippen LogP contribution is -1.95. The molecule has 1 aromatic carbocycles. The first-order valence-corrected chi connectivity index (χ1v) is 5.46. The third-order valence-electron chi connectivity index (χ3n) is 2.72. The van der Waals surface area contributed by atoms with Gasteiger partial charge in [-0.3, -0.25) is 0 Å². The van der Waals surface area contributed by atoms with E-state index in [1.807, 2.05) is 24.3 Å². The summed E-state index contributed by atoms with van der Waals surface area (Å²) in [4.78, 5) is 4.17. The summed E-state index contributed by atoms with van der Waals surface area (Å²) in [5.74, 6) is 1.60. The van der Waals surface area contributed by atoms with Crippen molar-refractivity contribution >= 4 is 10.8 Å². The van der Waals surface area contributed by atoms with E-state index in [0.29, 0.717) is 12.0 Å². The van der Waals surface area contributed by atoms with Gasteiger partial charge in [0.25, 0.3) is 0 Å². The summed E-state index contributed by atoms with van der Waals surface area (Å²) in [5, 5.41) is 2.12. The Hall–Kier alpha value is -1.77. The Bertz CT molecular complexity index is 520. The molecule has 1 fully saturated rings. The molecule has 1 aromatic heterocycles. The molecule has 1 aliphatic carbocycles. The maximum atomic E-state index is 5.75. The third kappa shape index (κ3) is 1.69. The van der Waals surface area contributed by atoms with E-state index in [-0.39, 0.29) is 0 Å². The van der Waals surface area contributed by atoms with Gasteiger partial charge in [-0.2, -0.15) is 0 Å². The molecular formula is C13H13NO2. The molecule has 0 saturated heterocycles. The molecule has 0 radical (unpaired) electrons. The van der Waals surface area contributed by atoms with Gasteiger partial charge in [0, 0.05) is 11.6 Å². The Labute approximate surface area is 94.0 Å². The van der Waals surface area contributed by atoms with E-state index in [1.165, 1.54) is 12.8 Å². The van der Waals surface area contributed by atoms with Crippen LogP contribution in [-0.4, -0.2) is 18.2 Å². The lowest BCUT2D eigenvalue weighted by Gasteiger charge is -2.07. The molecule has 0 N–H and O–H groups in total. The monoisotopic (exact) mass is 215 g/mol. The standard InChI is InChI=1S/C13H13NO2/c1-15-13-12-5-4-11(16-10-2-3-10)8-9(12)6-7-14-13/h4-8,10H,2-3H2,1H3. The van der Waals surface area contributed by atoms with Gasteiger partial charge in [0.2, 0.25) is 5.88 Å². The normalized spacial score (nSPS) is 15.1. The van der Waals surface area contributed by atoms with Gasteiger partial charge in [-0.25, -0.2) is 4.98 Å². The van der Waals surface area contributed by atoms with Crippen LogP contribution >= 0.6 is 0 Å². The zero-order chi connectivity index (χ0) is 11.0. The van der Waals surface area contributed by atoms with Crippen LogP contribution in [0.4, 0.5) is 0 Å². The van der Waals surface area contributed by atoms with E-state index in [9.17, 15) is 0 Å². The van der Waals surface area contributed by atoms with E-state index >= 15 is 0 Å². The van der Waals surface area contributed by atoms with Crippen LogP contribution in [0.5, 0.6) is 11.6 Å². The molecule has 3 rings (SSSR count). The predicted molar refractivity (Wildman–Crippen MR) is 61.9 cm³/mol. The Morgan fingerprint density at radius 2 is 2.12 bits per heavy atom. The molecule has 0 amide bonds. The fourth-order valence-corrected chi connectivity index (χ4v) is 1.74. The largest absolute Gasteiger partial charge is 0.490 e. The number of hydrogen-bond donors (Lipinski definition) is 0. The summed E-state index contributed by atoms with van der Waals surface area (Å²) in [6, 6.07) is 7.99. The topological polar surface area (TPSA) is 31.4 Å². The maximum Gasteiger partial charge on any atom is 0.221 e. The summed E-state index contributed by atoms with van der Waals surface area (Å²) in [7, 11) is 1.64. The van der Waals surface area contributed by atoms with E-state index in [2.05, 4.69) is 4.98 Å². The van der Waals surface area contributed by atoms with Crippen LogP contribution in [0.3, 0.4) is 0 Å². The van der Waals surface area contributed by atoms with Gasteiger partial charge in [-0.15, -0.1) is 0 Å². The van der Waals surface area contributed by atoms with Crippen LogP contribution in [0, 0.1) is 0 Å². The third-order valence-corrected chi connectivity index (χ3v) is 2.72. The van der Waals surface area contributed by atoms with Crippen LogP contribution < -0.4 is 9.47 Å². The molecule has 0 unspecified atom stereocenters. The van der Waals surface area contributed by atoms with E-state index < -0.39 is 0 Å². The number of rotatable bonds is 3. The number of pyridine rings is 1. The molecule has 16 heavy (non-hydrogen) atoms. The molecule has 0 atom stereocenters. The van der Waals surface area contributed by atoms with Crippen molar-refractivity contribution < 1.29 is 9.47 Å². The van der Waals surface area contributed by atoms with Crippen molar-refractivity contribution in [3.63, 3.8) is 0 Å². The highest BCUT2D eigenvalue weighted by Gasteiger charge is 2.23. The first-order valence-electron chi connectivity index (χ1n) is 5.46. The average molecular weight is 215 g/mol. The molecule has 82 valence electrons. The van der Waals surface area contributed by atoms with Crippen molar-refractivity contribution in [3.05, 3.63) is 30.5 Å². The summed E-state index contributed by atoms with van der Waals surface area (Å²) >= 11 is 0. The minimum absolute atomic E-state index is 0.432. The molecule has 1 saturated carbocycles. The minimum atomic E-state index is 0.432. The number of methoxy groups -OCH3 is 1. The minimum Gasteiger partial charge on any atom is -0.490 e. The number of hydrogen-bond acceptors (Lipinski definition) is 3. The average Bonchev–Trinajstić information content (AvgIpc) is 3.12. The molecule has 2 aromatic rings. The van der Waals surface area contributed by atoms with E-state index in [0.717, 1.165) is 16.5 Å². The van der Waals surface area contributed by atoms with Crippen LogP contribution in [0.25, 0.3) is 10.8 Å². The Kier molecular flexibility index (Phi) is 2.17. The van der Waals surface area contributed by atoms with Crippen LogP contribution in [0.2, 0.25) is 0 Å². The predicted octanol–water partition coefficient (Wildman–Crippen LogP) is 2.78. The number of benzene rings is 1. The number of fused-ring (bicyclic) bond motifs is 1. The molecule has 0 bridgehead atoms. The molecule has 1 heterocycles. The Balaban J connectivity index is 2.03. The van der Waals surface area contributed by atoms with Gasteiger partial charge in [0.05, 0.1) is 13.2 Å². The van der Waals surface area contributed by atoms with Crippen molar-refractivity contribution in [2.45, 2.75) is 18.9 Å². The molecule has 1 aliphatic rings. The second kappa shape index (κ2) is 3.67. The molecule has 0 spiro atoms. The zero-order valence-corrected chi connectivity index (χ0v) is 9.14. The van der Waals surface area contributed by atoms with Crippen LogP contribution in [0.15, 0.2) is 30.5 Å². The zero-order valence-electron chi connectivity index (χ0n) is 9.14. The van der Waals surface area contributed by atoms with Crippen molar-refractivity contribution in [1.29, 1.82) is 0 Å². The summed E-state index contributed by atoms with van der Waals surface area (Å²) in [6.07, 6.45) is 4.54. The Morgan fingerprint density at radius 1 is 1.25 bits per heavy atom. The number of aromatic nitrogens is 1. The van der Waals surface area contributed by atoms with Gasteiger partial charge in [-0.1, -0.05) is 0 Å². The van der Waals surface area contributed by atoms with Gasteiger partial charge in [0.1, 0.15) is 5.75 Å². The first-order chi connectivity index (χ1) is 7.86. The smallest absolute Gasteiger partial charge is 0.221 e. The lowest BCUT2D eigenvalue weighted by molar-refractivity contribution is 0.303. The van der Waals surface area contributed by atoms with Crippen LogP contribution in [-0.2, 0) is 0 Å². The maximum absolute atomic E-state index is 5.75. The second-order valence-electron chi connectivity index (χ2n) is 4.02. The van der Waals surface area contributed by atoms with E-state index in [1.54, 1.807) is 13.3 Å².